The largest absolute Gasteiger partial charge is 0.311 e. The number of benzene rings is 16. The van der Waals surface area contributed by atoms with E-state index in [0.29, 0.717) is 0 Å². The highest BCUT2D eigenvalue weighted by Gasteiger charge is 2.51. The van der Waals surface area contributed by atoms with E-state index in [9.17, 15) is 0 Å². The molecule has 138 heavy (non-hydrogen) atoms. The first-order chi connectivity index (χ1) is 65.2. The molecule has 0 saturated carbocycles. The minimum Gasteiger partial charge on any atom is -0.311 e. The summed E-state index contributed by atoms with van der Waals surface area (Å²) in [5.41, 5.74) is 58.0. The third-order valence-corrected chi connectivity index (χ3v) is 33.6. The molecule has 4 aliphatic heterocycles. The molecule has 0 fully saturated rings. The molecule has 682 valence electrons. The van der Waals surface area contributed by atoms with E-state index in [1.807, 2.05) is 0 Å². The smallest absolute Gasteiger partial charge is 0.252 e. The summed E-state index contributed by atoms with van der Waals surface area (Å²) in [6.45, 7) is 62.1. The zero-order chi connectivity index (χ0) is 96.4. The van der Waals surface area contributed by atoms with E-state index in [1.54, 1.807) is 0 Å². The summed E-state index contributed by atoms with van der Waals surface area (Å²) in [5.74, 6) is 0. The Morgan fingerprint density at radius 1 is 0.181 bits per heavy atom. The van der Waals surface area contributed by atoms with Gasteiger partial charge >= 0.3 is 0 Å². The van der Waals surface area contributed by atoms with Crippen molar-refractivity contribution in [1.29, 1.82) is 0 Å². The van der Waals surface area contributed by atoms with Gasteiger partial charge in [0.2, 0.25) is 0 Å². The summed E-state index contributed by atoms with van der Waals surface area (Å²) < 4.78 is 0. The lowest BCUT2D eigenvalue weighted by atomic mass is 9.33. The second-order valence-electron chi connectivity index (χ2n) is 49.8. The zero-order valence-electron chi connectivity index (χ0n) is 85.8. The number of rotatable bonds is 7. The molecule has 4 aliphatic carbocycles. The quantitative estimate of drug-likeness (QED) is 0.147. The molecule has 0 amide bonds. The van der Waals surface area contributed by atoms with Gasteiger partial charge in [-0.15, -0.1) is 0 Å². The van der Waals surface area contributed by atoms with Gasteiger partial charge in [-0.3, -0.25) is 0 Å². The van der Waals surface area contributed by atoms with Crippen LogP contribution in [0.2, 0.25) is 0 Å². The van der Waals surface area contributed by atoms with Crippen LogP contribution in [0.4, 0.5) is 68.2 Å². The minimum absolute atomic E-state index is 0.0140. The van der Waals surface area contributed by atoms with Crippen LogP contribution in [0, 0.1) is 0 Å². The predicted molar refractivity (Wildman–Crippen MR) is 593 cm³/mol. The summed E-state index contributed by atoms with van der Waals surface area (Å²) in [6, 6.07) is 121. The number of nitrogens with zero attached hydrogens (tertiary/aromatic N) is 4. The molecule has 8 aliphatic rings. The van der Waals surface area contributed by atoms with E-state index in [-0.39, 0.29) is 67.6 Å². The van der Waals surface area contributed by atoms with E-state index in [1.165, 1.54) is 245 Å². The molecule has 0 bridgehead atoms. The van der Waals surface area contributed by atoms with Crippen molar-refractivity contribution < 1.29 is 0 Å². The van der Waals surface area contributed by atoms with Crippen LogP contribution in [-0.4, -0.2) is 13.4 Å². The molecule has 0 aromatic heterocycles. The van der Waals surface area contributed by atoms with Crippen molar-refractivity contribution in [3.63, 3.8) is 0 Å². The third-order valence-electron chi connectivity index (χ3n) is 33.6. The van der Waals surface area contributed by atoms with Crippen molar-refractivity contribution >= 4 is 114 Å². The van der Waals surface area contributed by atoms with Crippen molar-refractivity contribution in [3.05, 3.63) is 381 Å². The zero-order valence-corrected chi connectivity index (χ0v) is 85.8. The standard InChI is InChI=1S/C132H128B2N4/c1-123(2,3)82-48-63-112-111(67-82)134-110-62-47-84(125(7,8)9)69-114(110)136(89-49-38-77(39-50-89)79-42-55-95-93-32-27-29-35-100(93)129(19,20)103(95)64-79)117-72-86(127(13,14)15)73-118(122(117)134)137(112)90-53-59-98-96-56-44-81(66-104(96)132(25,26)107(98)75-90)92-34-31-37-102-120(92)99-57-43-80(65-105(99)131(102,23)24)78-40-51-88(52-41-78)135-113-68-83(124(4,5)6)45-60-108(113)133-109-61-46-85(126(10,11)12)70-115(109)138(119-74-87(128(16,17)18)71-116(135)121(119)133)91-54-58-97-94-33-28-30-36-101(94)130(21,22)106(97)76-91/h27-76H,1-26H3. The van der Waals surface area contributed by atoms with Gasteiger partial charge in [-0.05, 0) is 336 Å². The van der Waals surface area contributed by atoms with E-state index in [4.69, 9.17) is 0 Å². The predicted octanol–water partition coefficient (Wildman–Crippen LogP) is 31.9. The Kier molecular flexibility index (Phi) is 18.6. The van der Waals surface area contributed by atoms with Crippen LogP contribution >= 0.6 is 0 Å². The molecule has 0 unspecified atom stereocenters. The van der Waals surface area contributed by atoms with Gasteiger partial charge in [-0.2, -0.15) is 0 Å². The van der Waals surface area contributed by atoms with Gasteiger partial charge in [0.1, 0.15) is 0 Å². The van der Waals surface area contributed by atoms with Gasteiger partial charge in [-0.25, -0.2) is 0 Å². The van der Waals surface area contributed by atoms with Crippen molar-refractivity contribution in [3.8, 4) is 77.9 Å². The highest BCUT2D eigenvalue weighted by Crippen LogP contribution is 2.60. The van der Waals surface area contributed by atoms with E-state index in [0.717, 1.165) is 11.4 Å². The van der Waals surface area contributed by atoms with Crippen molar-refractivity contribution in [2.75, 3.05) is 19.6 Å². The first-order valence-corrected chi connectivity index (χ1v) is 50.7. The number of hydrogen-bond acceptors (Lipinski definition) is 4. The Balaban J connectivity index is 0.587. The molecule has 0 atom stereocenters. The van der Waals surface area contributed by atoms with Crippen molar-refractivity contribution in [2.45, 2.75) is 234 Å². The number of hydrogen-bond donors (Lipinski definition) is 0. The Hall–Kier alpha value is -13.2. The molecule has 24 rings (SSSR count). The highest BCUT2D eigenvalue weighted by molar-refractivity contribution is 7.01. The fraction of sp³-hybridized carbons (Fsp3) is 0.273. The van der Waals surface area contributed by atoms with E-state index in [2.05, 4.69) is 503 Å². The normalized spacial score (nSPS) is 15.9. The van der Waals surface area contributed by atoms with E-state index < -0.39 is 0 Å². The van der Waals surface area contributed by atoms with Crippen LogP contribution in [0.1, 0.15) is 258 Å². The summed E-state index contributed by atoms with van der Waals surface area (Å²) >= 11 is 0. The summed E-state index contributed by atoms with van der Waals surface area (Å²) in [5, 5.41) is 0. The van der Waals surface area contributed by atoms with E-state index >= 15 is 0 Å². The monoisotopic (exact) mass is 1790 g/mol. The molecule has 4 nitrogen and oxygen atoms in total. The fourth-order valence-corrected chi connectivity index (χ4v) is 25.4. The first kappa shape index (κ1) is 87.6. The summed E-state index contributed by atoms with van der Waals surface area (Å²) in [4.78, 5) is 10.6. The van der Waals surface area contributed by atoms with Gasteiger partial charge in [0, 0.05) is 89.9 Å². The van der Waals surface area contributed by atoms with Crippen molar-refractivity contribution in [1.82, 2.24) is 0 Å². The van der Waals surface area contributed by atoms with Gasteiger partial charge in [0.25, 0.3) is 13.4 Å². The van der Waals surface area contributed by atoms with Gasteiger partial charge < -0.3 is 19.6 Å². The topological polar surface area (TPSA) is 13.0 Å². The first-order valence-electron chi connectivity index (χ1n) is 50.7. The lowest BCUT2D eigenvalue weighted by Gasteiger charge is -2.46. The Morgan fingerprint density at radius 2 is 0.457 bits per heavy atom. The highest BCUT2D eigenvalue weighted by atomic mass is 15.2. The summed E-state index contributed by atoms with van der Waals surface area (Å²) in [7, 11) is 0. The molecule has 6 heteroatoms. The maximum absolute atomic E-state index is 2.67. The molecule has 0 N–H and O–H groups in total. The lowest BCUT2D eigenvalue weighted by Crippen LogP contribution is -2.61. The second kappa shape index (κ2) is 29.2. The maximum atomic E-state index is 2.67. The Bertz CT molecular complexity index is 7950. The lowest BCUT2D eigenvalue weighted by molar-refractivity contribution is 0.589. The average Bonchev–Trinajstić information content (AvgIpc) is 1.06. The van der Waals surface area contributed by atoms with Crippen LogP contribution in [0.25, 0.3) is 77.9 Å². The van der Waals surface area contributed by atoms with Crippen LogP contribution in [0.15, 0.2) is 303 Å². The molecule has 16 aromatic rings. The molecular formula is C132H128B2N4. The second-order valence-corrected chi connectivity index (χ2v) is 49.8. The molecule has 0 radical (unpaired) electrons. The molecule has 0 spiro atoms. The molecule has 16 aromatic carbocycles. The molecule has 4 heterocycles. The van der Waals surface area contributed by atoms with Gasteiger partial charge in [0.05, 0.1) is 0 Å². The van der Waals surface area contributed by atoms with Crippen LogP contribution in [0.5, 0.6) is 0 Å². The molecular weight excluding hydrogens is 1660 g/mol. The van der Waals surface area contributed by atoms with Crippen LogP contribution in [0.3, 0.4) is 0 Å². The van der Waals surface area contributed by atoms with Crippen molar-refractivity contribution in [2.24, 2.45) is 0 Å². The van der Waals surface area contributed by atoms with Crippen LogP contribution in [-0.2, 0) is 54.1 Å². The maximum Gasteiger partial charge on any atom is 0.252 e. The Morgan fingerprint density at radius 3 is 0.870 bits per heavy atom. The van der Waals surface area contributed by atoms with Gasteiger partial charge in [-0.1, -0.05) is 368 Å². The number of anilines is 12. The van der Waals surface area contributed by atoms with Crippen LogP contribution < -0.4 is 52.4 Å². The summed E-state index contributed by atoms with van der Waals surface area (Å²) in [6.07, 6.45) is 0. The average molecular weight is 1790 g/mol. The fourth-order valence-electron chi connectivity index (χ4n) is 25.4. The number of fused-ring (bicyclic) bond motifs is 20. The third kappa shape index (κ3) is 12.9. The SMILES string of the molecule is CC(C)(C)c1ccc2c(c1)B1c3ccc(C(C)(C)C)cc3N(c3ccc(-c4ccc5c(c4)C(C)(C)c4ccccc4-5)cc3)c3cc(C(C)(C)C)cc(c31)N2c1ccc2c(c1)C(C)(C)c1cc(-c3cccc4c3-c3ccc(-c5ccc(N6c7cc(C(C)(C)C)ccc7B7c8ccc(C(C)(C)C)cc8N(c8ccc9c(c8)C(C)(C)c8ccccc8-9)c8cc(C(C)(C)C)cc6c87)cc5)cc3C4(C)C)ccc1-2. The Labute approximate surface area is 821 Å². The molecule has 0 saturated heterocycles. The minimum atomic E-state index is -0.349. The van der Waals surface area contributed by atoms with Gasteiger partial charge in [0.15, 0.2) is 0 Å².